The van der Waals surface area contributed by atoms with E-state index >= 15 is 0 Å². The summed E-state index contributed by atoms with van der Waals surface area (Å²) in [6, 6.07) is 0. The summed E-state index contributed by atoms with van der Waals surface area (Å²) in [6.45, 7) is 6.93. The Morgan fingerprint density at radius 2 is 2.20 bits per heavy atom. The molecular formula is C14H25N3O2S. The molecule has 0 aliphatic heterocycles. The molecule has 20 heavy (non-hydrogen) atoms. The quantitative estimate of drug-likeness (QED) is 0.786. The third-order valence-corrected chi connectivity index (χ3v) is 3.31. The summed E-state index contributed by atoms with van der Waals surface area (Å²) in [4.78, 5) is 15.7. The zero-order chi connectivity index (χ0) is 15.0. The molecule has 6 heteroatoms. The molecule has 1 aromatic heterocycles. The Morgan fingerprint density at radius 3 is 2.85 bits per heavy atom. The van der Waals surface area contributed by atoms with Crippen molar-refractivity contribution in [3.63, 3.8) is 0 Å². The Kier molecular flexibility index (Phi) is 6.91. The van der Waals surface area contributed by atoms with E-state index < -0.39 is 11.7 Å². The van der Waals surface area contributed by atoms with Crippen LogP contribution in [-0.2, 0) is 17.8 Å². The van der Waals surface area contributed by atoms with Crippen molar-refractivity contribution in [1.82, 2.24) is 14.9 Å². The zero-order valence-corrected chi connectivity index (χ0v) is 13.6. The van der Waals surface area contributed by atoms with Crippen molar-refractivity contribution in [2.24, 2.45) is 0 Å². The van der Waals surface area contributed by atoms with E-state index in [1.807, 2.05) is 38.9 Å². The molecule has 0 bridgehead atoms. The number of aromatic nitrogens is 2. The fraction of sp³-hybridized carbons (Fsp3) is 0.714. The molecule has 0 fully saturated rings. The summed E-state index contributed by atoms with van der Waals surface area (Å²) >= 11 is 1.86. The number of thioether (sulfide) groups is 1. The zero-order valence-electron chi connectivity index (χ0n) is 12.8. The van der Waals surface area contributed by atoms with Crippen LogP contribution >= 0.6 is 11.8 Å². The van der Waals surface area contributed by atoms with Crippen molar-refractivity contribution in [3.05, 3.63) is 18.2 Å². The van der Waals surface area contributed by atoms with E-state index in [0.717, 1.165) is 18.7 Å². The van der Waals surface area contributed by atoms with Gasteiger partial charge < -0.3 is 14.6 Å². The van der Waals surface area contributed by atoms with Gasteiger partial charge in [-0.25, -0.2) is 9.78 Å². The molecule has 0 aliphatic rings. The molecular weight excluding hydrogens is 274 g/mol. The third kappa shape index (κ3) is 6.84. The predicted molar refractivity (Wildman–Crippen MR) is 82.9 cm³/mol. The molecule has 0 atom stereocenters. The minimum Gasteiger partial charge on any atom is -0.444 e. The van der Waals surface area contributed by atoms with Gasteiger partial charge in [-0.05, 0) is 45.6 Å². The number of unbranched alkanes of at least 4 members (excludes halogenated alkanes) is 1. The second kappa shape index (κ2) is 8.19. The SMILES string of the molecule is CSCCCCn1cncc1CNC(=O)OC(C)(C)C. The standard InChI is InChI=1S/C14H25N3O2S/c1-14(2,3)19-13(18)16-10-12-9-15-11-17(12)7-5-6-8-20-4/h9,11H,5-8,10H2,1-4H3,(H,16,18). The minimum atomic E-state index is -0.470. The van der Waals surface area contributed by atoms with Gasteiger partial charge in [0.05, 0.1) is 18.6 Å². The van der Waals surface area contributed by atoms with E-state index in [-0.39, 0.29) is 0 Å². The van der Waals surface area contributed by atoms with Crippen molar-refractivity contribution >= 4 is 17.9 Å². The maximum atomic E-state index is 11.6. The summed E-state index contributed by atoms with van der Waals surface area (Å²) in [5, 5.41) is 2.76. The number of alkyl carbamates (subject to hydrolysis) is 1. The molecule has 0 aromatic carbocycles. The smallest absolute Gasteiger partial charge is 0.407 e. The van der Waals surface area contributed by atoms with Gasteiger partial charge in [0.25, 0.3) is 0 Å². The number of hydrogen-bond donors (Lipinski definition) is 1. The number of imidazole rings is 1. The highest BCUT2D eigenvalue weighted by atomic mass is 32.2. The van der Waals surface area contributed by atoms with Gasteiger partial charge >= 0.3 is 6.09 Å². The maximum Gasteiger partial charge on any atom is 0.407 e. The minimum absolute atomic E-state index is 0.396. The van der Waals surface area contributed by atoms with Gasteiger partial charge in [-0.3, -0.25) is 0 Å². The maximum absolute atomic E-state index is 11.6. The van der Waals surface area contributed by atoms with E-state index in [1.54, 1.807) is 6.20 Å². The number of rotatable bonds is 7. The Morgan fingerprint density at radius 1 is 1.45 bits per heavy atom. The molecule has 0 unspecified atom stereocenters. The van der Waals surface area contributed by atoms with Crippen molar-refractivity contribution in [1.29, 1.82) is 0 Å². The molecule has 1 N–H and O–H groups in total. The molecule has 1 aromatic rings. The summed E-state index contributed by atoms with van der Waals surface area (Å²) in [5.74, 6) is 1.18. The van der Waals surface area contributed by atoms with Crippen LogP contribution in [0.1, 0.15) is 39.3 Å². The molecule has 0 spiro atoms. The molecule has 0 saturated heterocycles. The van der Waals surface area contributed by atoms with Gasteiger partial charge in [-0.2, -0.15) is 11.8 Å². The lowest BCUT2D eigenvalue weighted by Crippen LogP contribution is -2.32. The largest absolute Gasteiger partial charge is 0.444 e. The number of carbonyl (C=O) groups is 1. The van der Waals surface area contributed by atoms with Crippen LogP contribution in [-0.4, -0.2) is 33.3 Å². The molecule has 114 valence electrons. The highest BCUT2D eigenvalue weighted by Crippen LogP contribution is 2.08. The van der Waals surface area contributed by atoms with Crippen LogP contribution in [0.2, 0.25) is 0 Å². The van der Waals surface area contributed by atoms with Crippen LogP contribution < -0.4 is 5.32 Å². The van der Waals surface area contributed by atoms with Gasteiger partial charge in [0, 0.05) is 12.7 Å². The van der Waals surface area contributed by atoms with Crippen molar-refractivity contribution in [2.75, 3.05) is 12.0 Å². The molecule has 0 saturated carbocycles. The number of ether oxygens (including phenoxy) is 1. The lowest BCUT2D eigenvalue weighted by Gasteiger charge is -2.19. The van der Waals surface area contributed by atoms with Gasteiger partial charge in [-0.15, -0.1) is 0 Å². The summed E-state index contributed by atoms with van der Waals surface area (Å²) in [5.41, 5.74) is 0.530. The van der Waals surface area contributed by atoms with Crippen LogP contribution in [0.4, 0.5) is 4.79 Å². The second-order valence-electron chi connectivity index (χ2n) is 5.63. The lowest BCUT2D eigenvalue weighted by molar-refractivity contribution is 0.0522. The van der Waals surface area contributed by atoms with Gasteiger partial charge in [0.1, 0.15) is 5.60 Å². The van der Waals surface area contributed by atoms with Gasteiger partial charge in [-0.1, -0.05) is 0 Å². The summed E-state index contributed by atoms with van der Waals surface area (Å²) in [6.07, 6.45) is 7.63. The highest BCUT2D eigenvalue weighted by molar-refractivity contribution is 7.98. The number of amides is 1. The fourth-order valence-electron chi connectivity index (χ4n) is 1.70. The third-order valence-electron chi connectivity index (χ3n) is 2.61. The molecule has 1 rings (SSSR count). The number of hydrogen-bond acceptors (Lipinski definition) is 4. The van der Waals surface area contributed by atoms with Crippen LogP contribution in [0, 0.1) is 0 Å². The Bertz CT molecular complexity index is 413. The Balaban J connectivity index is 2.37. The second-order valence-corrected chi connectivity index (χ2v) is 6.62. The van der Waals surface area contributed by atoms with Crippen LogP contribution in [0.5, 0.6) is 0 Å². The van der Waals surface area contributed by atoms with Crippen molar-refractivity contribution in [3.8, 4) is 0 Å². The average Bonchev–Trinajstić information content (AvgIpc) is 2.77. The highest BCUT2D eigenvalue weighted by Gasteiger charge is 2.16. The number of nitrogens with zero attached hydrogens (tertiary/aromatic N) is 2. The molecule has 0 radical (unpaired) electrons. The number of carbonyl (C=O) groups excluding carboxylic acids is 1. The first-order chi connectivity index (χ1) is 9.42. The predicted octanol–water partition coefficient (Wildman–Crippen LogP) is 3.05. The van der Waals surface area contributed by atoms with E-state index in [9.17, 15) is 4.79 Å². The summed E-state index contributed by atoms with van der Waals surface area (Å²) in [7, 11) is 0. The average molecular weight is 299 g/mol. The van der Waals surface area contributed by atoms with E-state index in [0.29, 0.717) is 6.54 Å². The molecule has 0 aliphatic carbocycles. The first-order valence-electron chi connectivity index (χ1n) is 6.87. The molecule has 1 heterocycles. The van der Waals surface area contributed by atoms with Crippen molar-refractivity contribution < 1.29 is 9.53 Å². The van der Waals surface area contributed by atoms with E-state index in [4.69, 9.17) is 4.74 Å². The molecule has 5 nitrogen and oxygen atoms in total. The normalized spacial score (nSPS) is 11.4. The number of nitrogens with one attached hydrogen (secondary N) is 1. The fourth-order valence-corrected chi connectivity index (χ4v) is 2.19. The van der Waals surface area contributed by atoms with Gasteiger partial charge in [0.15, 0.2) is 0 Å². The number of aryl methyl sites for hydroxylation is 1. The Labute approximate surface area is 125 Å². The van der Waals surface area contributed by atoms with Crippen LogP contribution in [0.15, 0.2) is 12.5 Å². The molecule has 1 amide bonds. The summed E-state index contributed by atoms with van der Waals surface area (Å²) < 4.78 is 7.29. The van der Waals surface area contributed by atoms with Crippen LogP contribution in [0.25, 0.3) is 0 Å². The first-order valence-corrected chi connectivity index (χ1v) is 8.26. The Hall–Kier alpha value is -1.17. The monoisotopic (exact) mass is 299 g/mol. The topological polar surface area (TPSA) is 56.2 Å². The lowest BCUT2D eigenvalue weighted by atomic mass is 10.2. The van der Waals surface area contributed by atoms with Crippen molar-refractivity contribution in [2.45, 2.75) is 52.3 Å². The van der Waals surface area contributed by atoms with E-state index in [2.05, 4.69) is 21.1 Å². The van der Waals surface area contributed by atoms with E-state index in [1.165, 1.54) is 12.2 Å². The van der Waals surface area contributed by atoms with Crippen LogP contribution in [0.3, 0.4) is 0 Å². The van der Waals surface area contributed by atoms with Gasteiger partial charge in [0.2, 0.25) is 0 Å². The first kappa shape index (κ1) is 16.9.